The van der Waals surface area contributed by atoms with Crippen molar-refractivity contribution in [1.82, 2.24) is 10.6 Å². The summed E-state index contributed by atoms with van der Waals surface area (Å²) in [7, 11) is 0. The zero-order valence-electron chi connectivity index (χ0n) is 19.9. The van der Waals surface area contributed by atoms with Gasteiger partial charge < -0.3 is 16.4 Å². The van der Waals surface area contributed by atoms with E-state index in [9.17, 15) is 22.8 Å². The fourth-order valence-corrected chi connectivity index (χ4v) is 3.20. The average Bonchev–Trinajstić information content (AvgIpc) is 2.93. The molecular formula is C29H26F3N3O2. The van der Waals surface area contributed by atoms with Gasteiger partial charge in [-0.05, 0) is 71.3 Å². The Morgan fingerprint density at radius 3 is 1.27 bits per heavy atom. The fraction of sp³-hybridized carbons (Fsp3) is 0.103. The van der Waals surface area contributed by atoms with Crippen LogP contribution in [0.2, 0.25) is 0 Å². The van der Waals surface area contributed by atoms with Crippen molar-refractivity contribution in [3.05, 3.63) is 142 Å². The molecule has 4 rings (SSSR count). The molecule has 4 N–H and O–H groups in total. The van der Waals surface area contributed by atoms with Crippen molar-refractivity contribution in [3.8, 4) is 0 Å². The van der Waals surface area contributed by atoms with E-state index in [2.05, 4.69) is 10.6 Å². The number of amides is 2. The van der Waals surface area contributed by atoms with Crippen LogP contribution in [0.5, 0.6) is 0 Å². The van der Waals surface area contributed by atoms with Gasteiger partial charge in [-0.25, -0.2) is 13.2 Å². The van der Waals surface area contributed by atoms with Gasteiger partial charge in [0, 0.05) is 30.8 Å². The maximum absolute atomic E-state index is 12.9. The normalized spacial score (nSPS) is 10.2. The van der Waals surface area contributed by atoms with E-state index in [0.29, 0.717) is 17.7 Å². The van der Waals surface area contributed by atoms with E-state index in [1.165, 1.54) is 42.5 Å². The highest BCUT2D eigenvalue weighted by atomic mass is 19.1. The largest absolute Gasteiger partial charge is 0.348 e. The third-order valence-electron chi connectivity index (χ3n) is 5.27. The summed E-state index contributed by atoms with van der Waals surface area (Å²) in [6, 6.07) is 24.2. The van der Waals surface area contributed by atoms with E-state index in [1.807, 2.05) is 0 Å². The monoisotopic (exact) mass is 505 g/mol. The topological polar surface area (TPSA) is 84.2 Å². The average molecular weight is 506 g/mol. The first-order chi connectivity index (χ1) is 17.8. The molecule has 0 spiro atoms. The molecule has 0 saturated heterocycles. The molecule has 2 amide bonds. The number of benzene rings is 4. The van der Waals surface area contributed by atoms with Crippen LogP contribution in [-0.4, -0.2) is 11.8 Å². The van der Waals surface area contributed by atoms with Crippen molar-refractivity contribution in [2.24, 2.45) is 5.73 Å². The van der Waals surface area contributed by atoms with Gasteiger partial charge >= 0.3 is 0 Å². The molecule has 0 unspecified atom stereocenters. The van der Waals surface area contributed by atoms with Crippen molar-refractivity contribution in [2.45, 2.75) is 19.6 Å². The molecule has 0 aliphatic carbocycles. The lowest BCUT2D eigenvalue weighted by Crippen LogP contribution is -2.25. The van der Waals surface area contributed by atoms with Crippen LogP contribution in [0.25, 0.3) is 0 Å². The number of hydrogen-bond acceptors (Lipinski definition) is 3. The Balaban J connectivity index is 0.000000356. The molecule has 0 saturated carbocycles. The third kappa shape index (κ3) is 8.94. The molecule has 0 heterocycles. The number of carbonyl (C=O) groups is 2. The van der Waals surface area contributed by atoms with Crippen LogP contribution in [0.4, 0.5) is 13.2 Å². The van der Waals surface area contributed by atoms with Gasteiger partial charge in [-0.3, -0.25) is 9.59 Å². The first-order valence-corrected chi connectivity index (χ1v) is 11.4. The summed E-state index contributed by atoms with van der Waals surface area (Å²) in [5, 5.41) is 5.47. The van der Waals surface area contributed by atoms with Gasteiger partial charge in [0.2, 0.25) is 0 Å². The van der Waals surface area contributed by atoms with Crippen molar-refractivity contribution in [2.75, 3.05) is 0 Å². The summed E-state index contributed by atoms with van der Waals surface area (Å²) in [6.07, 6.45) is 0. The number of rotatable bonds is 7. The number of nitrogens with two attached hydrogens (primary N) is 1. The Labute approximate surface area is 213 Å². The predicted molar refractivity (Wildman–Crippen MR) is 136 cm³/mol. The van der Waals surface area contributed by atoms with Gasteiger partial charge in [0.1, 0.15) is 17.5 Å². The van der Waals surface area contributed by atoms with Gasteiger partial charge in [0.05, 0.1) is 0 Å². The maximum Gasteiger partial charge on any atom is 0.251 e. The number of halogens is 3. The van der Waals surface area contributed by atoms with Crippen molar-refractivity contribution in [3.63, 3.8) is 0 Å². The van der Waals surface area contributed by atoms with Gasteiger partial charge in [0.25, 0.3) is 11.8 Å². The summed E-state index contributed by atoms with van der Waals surface area (Å²) >= 11 is 0. The van der Waals surface area contributed by atoms with E-state index in [4.69, 9.17) is 5.73 Å². The molecule has 0 atom stereocenters. The van der Waals surface area contributed by atoms with Gasteiger partial charge in [-0.15, -0.1) is 0 Å². The maximum atomic E-state index is 12.9. The lowest BCUT2D eigenvalue weighted by atomic mass is 10.1. The van der Waals surface area contributed by atoms with Crippen LogP contribution >= 0.6 is 0 Å². The molecule has 0 aliphatic rings. The van der Waals surface area contributed by atoms with E-state index in [0.717, 1.165) is 16.7 Å². The van der Waals surface area contributed by atoms with Crippen LogP contribution in [0, 0.1) is 17.5 Å². The summed E-state index contributed by atoms with van der Waals surface area (Å²) in [5.41, 5.74) is 8.45. The highest BCUT2D eigenvalue weighted by molar-refractivity contribution is 5.99. The molecule has 5 nitrogen and oxygen atoms in total. The quantitative estimate of drug-likeness (QED) is 0.326. The summed E-state index contributed by atoms with van der Waals surface area (Å²) < 4.78 is 38.0. The second-order valence-electron chi connectivity index (χ2n) is 8.03. The zero-order valence-corrected chi connectivity index (χ0v) is 19.9. The molecule has 37 heavy (non-hydrogen) atoms. The molecule has 4 aromatic carbocycles. The molecule has 0 aromatic heterocycles. The smallest absolute Gasteiger partial charge is 0.251 e. The standard InChI is InChI=1S/C22H18F2N2O2.C7H8FN/c23-19-8-4-15(5-9-19)13-25-21(27)17-2-1-3-18(12-17)22(28)26-14-16-6-10-20(24)11-7-16;8-7-3-1-6(5-9)2-4-7/h1-12H,13-14H2,(H,25,27)(H,26,28);1-4H,5,9H2. The Bertz CT molecular complexity index is 1230. The fourth-order valence-electron chi connectivity index (χ4n) is 3.20. The zero-order chi connectivity index (χ0) is 26.6. The van der Waals surface area contributed by atoms with Crippen LogP contribution in [0.1, 0.15) is 37.4 Å². The second-order valence-corrected chi connectivity index (χ2v) is 8.03. The summed E-state index contributed by atoms with van der Waals surface area (Å²) in [4.78, 5) is 24.6. The Hall–Kier alpha value is -4.43. The van der Waals surface area contributed by atoms with E-state index < -0.39 is 0 Å². The Morgan fingerprint density at radius 1 is 0.568 bits per heavy atom. The summed E-state index contributed by atoms with van der Waals surface area (Å²) in [5.74, 6) is -1.56. The lowest BCUT2D eigenvalue weighted by molar-refractivity contribution is 0.0950. The van der Waals surface area contributed by atoms with Gasteiger partial charge in [0.15, 0.2) is 0 Å². The van der Waals surface area contributed by atoms with E-state index in [1.54, 1.807) is 54.6 Å². The molecule has 8 heteroatoms. The molecular weight excluding hydrogens is 479 g/mol. The van der Waals surface area contributed by atoms with Gasteiger partial charge in [-0.2, -0.15) is 0 Å². The minimum atomic E-state index is -0.338. The highest BCUT2D eigenvalue weighted by Crippen LogP contribution is 2.08. The summed E-state index contributed by atoms with van der Waals surface area (Å²) in [6.45, 7) is 0.973. The lowest BCUT2D eigenvalue weighted by Gasteiger charge is -2.08. The molecule has 0 bridgehead atoms. The van der Waals surface area contributed by atoms with Crippen LogP contribution in [0.3, 0.4) is 0 Å². The van der Waals surface area contributed by atoms with Crippen molar-refractivity contribution >= 4 is 11.8 Å². The van der Waals surface area contributed by atoms with Crippen LogP contribution < -0.4 is 16.4 Å². The van der Waals surface area contributed by atoms with Crippen LogP contribution in [-0.2, 0) is 19.6 Å². The van der Waals surface area contributed by atoms with Crippen molar-refractivity contribution < 1.29 is 22.8 Å². The van der Waals surface area contributed by atoms with E-state index in [-0.39, 0.29) is 42.4 Å². The molecule has 4 aromatic rings. The minimum Gasteiger partial charge on any atom is -0.348 e. The number of hydrogen-bond donors (Lipinski definition) is 3. The predicted octanol–water partition coefficient (Wildman–Crippen LogP) is 5.11. The molecule has 190 valence electrons. The number of nitrogens with one attached hydrogen (secondary N) is 2. The molecule has 0 fully saturated rings. The first-order valence-electron chi connectivity index (χ1n) is 11.4. The van der Waals surface area contributed by atoms with Gasteiger partial charge in [-0.1, -0.05) is 42.5 Å². The molecule has 0 aliphatic heterocycles. The molecule has 0 radical (unpaired) electrons. The first kappa shape index (κ1) is 27.2. The Morgan fingerprint density at radius 2 is 0.919 bits per heavy atom. The third-order valence-corrected chi connectivity index (χ3v) is 5.27. The highest BCUT2D eigenvalue weighted by Gasteiger charge is 2.10. The second kappa shape index (κ2) is 13.6. The van der Waals surface area contributed by atoms with Crippen molar-refractivity contribution in [1.29, 1.82) is 0 Å². The van der Waals surface area contributed by atoms with Crippen LogP contribution in [0.15, 0.2) is 97.1 Å². The SMILES string of the molecule is NCc1ccc(F)cc1.O=C(NCc1ccc(F)cc1)c1cccc(C(=O)NCc2ccc(F)cc2)c1. The minimum absolute atomic E-state index is 0.216. The van der Waals surface area contributed by atoms with E-state index >= 15 is 0 Å². The number of carbonyl (C=O) groups excluding carboxylic acids is 2. The Kier molecular flexibility index (Phi) is 9.99.